The number of thiophene rings is 1. The van der Waals surface area contributed by atoms with Crippen LogP contribution in [0.1, 0.15) is 15.9 Å². The van der Waals surface area contributed by atoms with E-state index in [0.717, 1.165) is 22.4 Å². The first kappa shape index (κ1) is 16.1. The summed E-state index contributed by atoms with van der Waals surface area (Å²) in [6.45, 7) is 0.402. The third kappa shape index (κ3) is 3.50. The van der Waals surface area contributed by atoms with Crippen LogP contribution in [-0.4, -0.2) is 31.1 Å². The van der Waals surface area contributed by atoms with E-state index in [4.69, 9.17) is 0 Å². The summed E-state index contributed by atoms with van der Waals surface area (Å²) < 4.78 is 1.50. The highest BCUT2D eigenvalue weighted by Crippen LogP contribution is 2.22. The van der Waals surface area contributed by atoms with Gasteiger partial charge in [-0.05, 0) is 62.6 Å². The summed E-state index contributed by atoms with van der Waals surface area (Å²) in [4.78, 5) is 16.7. The maximum absolute atomic E-state index is 12.5. The van der Waals surface area contributed by atoms with Crippen LogP contribution in [-0.2, 0) is 6.54 Å². The van der Waals surface area contributed by atoms with Crippen molar-refractivity contribution in [1.29, 1.82) is 0 Å². The molecular formula is C18H14N6OS. The van der Waals surface area contributed by atoms with Gasteiger partial charge in [0.25, 0.3) is 5.91 Å². The van der Waals surface area contributed by atoms with Gasteiger partial charge < -0.3 is 5.32 Å². The first-order valence-electron chi connectivity index (χ1n) is 7.88. The first-order chi connectivity index (χ1) is 12.8. The van der Waals surface area contributed by atoms with Gasteiger partial charge in [0.2, 0.25) is 0 Å². The first-order valence-corrected chi connectivity index (χ1v) is 8.82. The molecule has 4 rings (SSSR count). The molecule has 128 valence electrons. The SMILES string of the molecule is O=C(NCc1cncc(-c2ccsc2)c1)c1cccc(-n2cnnn2)c1. The maximum Gasteiger partial charge on any atom is 0.251 e. The Balaban J connectivity index is 1.46. The van der Waals surface area contributed by atoms with Gasteiger partial charge in [-0.2, -0.15) is 11.3 Å². The Hall–Kier alpha value is -3.39. The lowest BCUT2D eigenvalue weighted by Crippen LogP contribution is -2.23. The number of carbonyl (C=O) groups excluding carboxylic acids is 1. The zero-order chi connectivity index (χ0) is 17.8. The molecule has 1 N–H and O–H groups in total. The number of hydrogen-bond donors (Lipinski definition) is 1. The van der Waals surface area contributed by atoms with Crippen LogP contribution in [0.25, 0.3) is 16.8 Å². The molecule has 1 aromatic carbocycles. The Bertz CT molecular complexity index is 1010. The molecule has 0 spiro atoms. The molecule has 0 aliphatic heterocycles. The summed E-state index contributed by atoms with van der Waals surface area (Å²) in [6.07, 6.45) is 5.06. The second kappa shape index (κ2) is 7.24. The highest BCUT2D eigenvalue weighted by atomic mass is 32.1. The van der Waals surface area contributed by atoms with Gasteiger partial charge in [0.1, 0.15) is 6.33 Å². The van der Waals surface area contributed by atoms with Crippen molar-refractivity contribution in [3.05, 3.63) is 77.0 Å². The van der Waals surface area contributed by atoms with E-state index < -0.39 is 0 Å². The normalized spacial score (nSPS) is 10.6. The number of carbonyl (C=O) groups is 1. The minimum absolute atomic E-state index is 0.166. The number of benzene rings is 1. The van der Waals surface area contributed by atoms with Gasteiger partial charge in [-0.25, -0.2) is 4.68 Å². The molecule has 0 fully saturated rings. The predicted molar refractivity (Wildman–Crippen MR) is 97.9 cm³/mol. The van der Waals surface area contributed by atoms with E-state index in [1.165, 1.54) is 11.0 Å². The van der Waals surface area contributed by atoms with Gasteiger partial charge in [-0.15, -0.1) is 5.10 Å². The van der Waals surface area contributed by atoms with E-state index in [9.17, 15) is 4.79 Å². The molecule has 26 heavy (non-hydrogen) atoms. The summed E-state index contributed by atoms with van der Waals surface area (Å²) in [5.74, 6) is -0.166. The van der Waals surface area contributed by atoms with Crippen LogP contribution in [0, 0.1) is 0 Å². The highest BCUT2D eigenvalue weighted by Gasteiger charge is 2.08. The molecule has 0 unspecified atom stereocenters. The van der Waals surface area contributed by atoms with E-state index in [0.29, 0.717) is 12.1 Å². The molecule has 4 aromatic rings. The Morgan fingerprint density at radius 1 is 1.15 bits per heavy atom. The van der Waals surface area contributed by atoms with Gasteiger partial charge in [-0.3, -0.25) is 9.78 Å². The Kier molecular flexibility index (Phi) is 4.48. The van der Waals surface area contributed by atoms with Gasteiger partial charge in [0, 0.05) is 30.1 Å². The average molecular weight is 362 g/mol. The lowest BCUT2D eigenvalue weighted by Gasteiger charge is -2.08. The topological polar surface area (TPSA) is 85.6 Å². The van der Waals surface area contributed by atoms with Crippen LogP contribution in [0.4, 0.5) is 0 Å². The molecule has 0 aliphatic carbocycles. The summed E-state index contributed by atoms with van der Waals surface area (Å²) in [6, 6.07) is 11.2. The lowest BCUT2D eigenvalue weighted by molar-refractivity contribution is 0.0951. The number of hydrogen-bond acceptors (Lipinski definition) is 6. The largest absolute Gasteiger partial charge is 0.348 e. The van der Waals surface area contributed by atoms with Crippen molar-refractivity contribution in [2.24, 2.45) is 0 Å². The fourth-order valence-corrected chi connectivity index (χ4v) is 3.19. The van der Waals surface area contributed by atoms with Crippen molar-refractivity contribution < 1.29 is 4.79 Å². The van der Waals surface area contributed by atoms with E-state index in [1.54, 1.807) is 35.7 Å². The van der Waals surface area contributed by atoms with Crippen LogP contribution in [0.15, 0.2) is 65.9 Å². The molecule has 3 aromatic heterocycles. The van der Waals surface area contributed by atoms with Gasteiger partial charge in [-0.1, -0.05) is 6.07 Å². The van der Waals surface area contributed by atoms with Gasteiger partial charge in [0.05, 0.1) is 5.69 Å². The smallest absolute Gasteiger partial charge is 0.251 e. The van der Waals surface area contributed by atoms with Crippen molar-refractivity contribution in [3.63, 3.8) is 0 Å². The molecule has 7 nitrogen and oxygen atoms in total. The van der Waals surface area contributed by atoms with E-state index in [1.807, 2.05) is 23.7 Å². The standard InChI is InChI=1S/C18H14N6OS/c25-18(14-2-1-3-17(7-14)24-12-21-22-23-24)20-9-13-6-16(10-19-8-13)15-4-5-26-11-15/h1-8,10-12H,9H2,(H,20,25). The van der Waals surface area contributed by atoms with Gasteiger partial charge in [0.15, 0.2) is 0 Å². The van der Waals surface area contributed by atoms with Crippen molar-refractivity contribution in [3.8, 4) is 16.8 Å². The fraction of sp³-hybridized carbons (Fsp3) is 0.0556. The van der Waals surface area contributed by atoms with Crippen LogP contribution < -0.4 is 5.32 Å². The molecule has 0 atom stereocenters. The van der Waals surface area contributed by atoms with Crippen LogP contribution in [0.3, 0.4) is 0 Å². The molecule has 0 bridgehead atoms. The van der Waals surface area contributed by atoms with Crippen LogP contribution in [0.2, 0.25) is 0 Å². The molecule has 1 amide bonds. The Labute approximate surface area is 153 Å². The average Bonchev–Trinajstić information content (AvgIpc) is 3.40. The van der Waals surface area contributed by atoms with Crippen molar-refractivity contribution in [1.82, 2.24) is 30.5 Å². The Morgan fingerprint density at radius 3 is 2.92 bits per heavy atom. The molecular weight excluding hydrogens is 348 g/mol. The number of tetrazole rings is 1. The lowest BCUT2D eigenvalue weighted by atomic mass is 10.1. The summed E-state index contributed by atoms with van der Waals surface area (Å²) in [5.41, 5.74) is 4.38. The van der Waals surface area contributed by atoms with Gasteiger partial charge >= 0.3 is 0 Å². The maximum atomic E-state index is 12.5. The molecule has 0 saturated heterocycles. The minimum Gasteiger partial charge on any atom is -0.348 e. The highest BCUT2D eigenvalue weighted by molar-refractivity contribution is 7.08. The van der Waals surface area contributed by atoms with Crippen molar-refractivity contribution >= 4 is 17.2 Å². The molecule has 0 saturated carbocycles. The van der Waals surface area contributed by atoms with Crippen molar-refractivity contribution in [2.75, 3.05) is 0 Å². The van der Waals surface area contributed by atoms with Crippen LogP contribution >= 0.6 is 11.3 Å². The van der Waals surface area contributed by atoms with Crippen LogP contribution in [0.5, 0.6) is 0 Å². The third-order valence-electron chi connectivity index (χ3n) is 3.82. The number of aromatic nitrogens is 5. The minimum atomic E-state index is -0.166. The zero-order valence-corrected chi connectivity index (χ0v) is 14.4. The summed E-state index contributed by atoms with van der Waals surface area (Å²) in [7, 11) is 0. The summed E-state index contributed by atoms with van der Waals surface area (Å²) in [5, 5.41) is 18.1. The number of nitrogens with zero attached hydrogens (tertiary/aromatic N) is 5. The predicted octanol–water partition coefficient (Wildman–Crippen LogP) is 2.72. The van der Waals surface area contributed by atoms with E-state index in [-0.39, 0.29) is 5.91 Å². The second-order valence-electron chi connectivity index (χ2n) is 5.58. The van der Waals surface area contributed by atoms with E-state index in [2.05, 4.69) is 37.3 Å². The monoisotopic (exact) mass is 362 g/mol. The number of amides is 1. The summed E-state index contributed by atoms with van der Waals surface area (Å²) >= 11 is 1.64. The number of nitrogens with one attached hydrogen (secondary N) is 1. The van der Waals surface area contributed by atoms with E-state index >= 15 is 0 Å². The molecule has 8 heteroatoms. The molecule has 3 heterocycles. The fourth-order valence-electron chi connectivity index (χ4n) is 2.52. The third-order valence-corrected chi connectivity index (χ3v) is 4.51. The molecule has 0 aliphatic rings. The zero-order valence-electron chi connectivity index (χ0n) is 13.6. The second-order valence-corrected chi connectivity index (χ2v) is 6.36. The quantitative estimate of drug-likeness (QED) is 0.590. The Morgan fingerprint density at radius 2 is 2.12 bits per heavy atom. The number of rotatable bonds is 5. The molecule has 0 radical (unpaired) electrons. The number of pyridine rings is 1. The van der Waals surface area contributed by atoms with Crippen molar-refractivity contribution in [2.45, 2.75) is 6.54 Å².